The van der Waals surface area contributed by atoms with E-state index in [1.807, 2.05) is 11.5 Å². The van der Waals surface area contributed by atoms with Crippen molar-refractivity contribution in [3.63, 3.8) is 0 Å². The zero-order valence-corrected chi connectivity index (χ0v) is 19.7. The van der Waals surface area contributed by atoms with E-state index in [0.717, 1.165) is 11.4 Å². The molecule has 0 aliphatic rings. The molecule has 1 aromatic heterocycles. The van der Waals surface area contributed by atoms with Crippen LogP contribution in [0.4, 0.5) is 4.39 Å². The van der Waals surface area contributed by atoms with Gasteiger partial charge < -0.3 is 23.5 Å². The SMILES string of the molecule is COc1cc(C=CC(=O)OCC(=O)c2cc(C)n(-c3ccc(F)cc3)c2C)cc(OC)c1OC. The Morgan fingerprint density at radius 1 is 0.941 bits per heavy atom. The van der Waals surface area contributed by atoms with Crippen molar-refractivity contribution in [3.8, 4) is 22.9 Å². The first-order chi connectivity index (χ1) is 16.3. The average Bonchev–Trinajstić information content (AvgIpc) is 3.14. The molecule has 0 radical (unpaired) electrons. The molecule has 7 nitrogen and oxygen atoms in total. The zero-order chi connectivity index (χ0) is 24.8. The highest BCUT2D eigenvalue weighted by Gasteiger charge is 2.18. The van der Waals surface area contributed by atoms with E-state index in [2.05, 4.69) is 0 Å². The normalized spacial score (nSPS) is 10.9. The first-order valence-corrected chi connectivity index (χ1v) is 10.4. The van der Waals surface area contributed by atoms with Gasteiger partial charge in [0.15, 0.2) is 18.1 Å². The van der Waals surface area contributed by atoms with Crippen LogP contribution in [0, 0.1) is 19.7 Å². The fraction of sp³-hybridized carbons (Fsp3) is 0.231. The molecular weight excluding hydrogens is 441 g/mol. The van der Waals surface area contributed by atoms with Gasteiger partial charge in [-0.1, -0.05) is 0 Å². The highest BCUT2D eigenvalue weighted by atomic mass is 19.1. The second-order valence-corrected chi connectivity index (χ2v) is 7.42. The number of aryl methyl sites for hydroxylation is 1. The maximum atomic E-state index is 13.3. The summed E-state index contributed by atoms with van der Waals surface area (Å²) >= 11 is 0. The third-order valence-electron chi connectivity index (χ3n) is 5.26. The number of hydrogen-bond donors (Lipinski definition) is 0. The first-order valence-electron chi connectivity index (χ1n) is 10.4. The number of aromatic nitrogens is 1. The van der Waals surface area contributed by atoms with Crippen molar-refractivity contribution in [3.05, 3.63) is 76.9 Å². The number of Topliss-reactive ketones (excluding diaryl/α,β-unsaturated/α-hetero) is 1. The average molecular weight is 467 g/mol. The smallest absolute Gasteiger partial charge is 0.331 e. The van der Waals surface area contributed by atoms with Gasteiger partial charge in [-0.25, -0.2) is 9.18 Å². The number of benzene rings is 2. The molecule has 0 amide bonds. The van der Waals surface area contributed by atoms with Crippen LogP contribution in [0.1, 0.15) is 27.3 Å². The minimum absolute atomic E-state index is 0.337. The van der Waals surface area contributed by atoms with Gasteiger partial charge in [0.2, 0.25) is 11.5 Å². The van der Waals surface area contributed by atoms with E-state index in [4.69, 9.17) is 18.9 Å². The molecule has 34 heavy (non-hydrogen) atoms. The number of ketones is 1. The second kappa shape index (κ2) is 10.7. The molecule has 0 aliphatic heterocycles. The lowest BCUT2D eigenvalue weighted by atomic mass is 10.1. The monoisotopic (exact) mass is 467 g/mol. The number of methoxy groups -OCH3 is 3. The Balaban J connectivity index is 1.69. The second-order valence-electron chi connectivity index (χ2n) is 7.42. The summed E-state index contributed by atoms with van der Waals surface area (Å²) in [7, 11) is 4.50. The Morgan fingerprint density at radius 3 is 2.12 bits per heavy atom. The number of rotatable bonds is 9. The van der Waals surface area contributed by atoms with Crippen LogP contribution in [0.2, 0.25) is 0 Å². The van der Waals surface area contributed by atoms with Crippen LogP contribution in [-0.2, 0) is 9.53 Å². The summed E-state index contributed by atoms with van der Waals surface area (Å²) in [5.74, 6) is -0.0175. The Labute approximate surface area is 197 Å². The molecule has 0 N–H and O–H groups in total. The number of hydrogen-bond acceptors (Lipinski definition) is 6. The van der Waals surface area contributed by atoms with Crippen molar-refractivity contribution in [2.24, 2.45) is 0 Å². The largest absolute Gasteiger partial charge is 0.493 e. The van der Waals surface area contributed by atoms with Gasteiger partial charge in [-0.3, -0.25) is 4.79 Å². The predicted octanol–water partition coefficient (Wildman–Crippen LogP) is 4.70. The van der Waals surface area contributed by atoms with Crippen molar-refractivity contribution < 1.29 is 32.9 Å². The number of ether oxygens (including phenoxy) is 4. The number of esters is 1. The van der Waals surface area contributed by atoms with E-state index in [1.54, 1.807) is 37.3 Å². The van der Waals surface area contributed by atoms with E-state index in [9.17, 15) is 14.0 Å². The van der Waals surface area contributed by atoms with E-state index < -0.39 is 12.6 Å². The maximum absolute atomic E-state index is 13.3. The lowest BCUT2D eigenvalue weighted by Gasteiger charge is -2.12. The summed E-state index contributed by atoms with van der Waals surface area (Å²) in [6.45, 7) is 3.22. The van der Waals surface area contributed by atoms with Crippen LogP contribution >= 0.6 is 0 Å². The molecule has 0 saturated heterocycles. The molecule has 0 spiro atoms. The molecule has 0 atom stereocenters. The fourth-order valence-electron chi connectivity index (χ4n) is 3.66. The van der Waals surface area contributed by atoms with Crippen molar-refractivity contribution in [1.29, 1.82) is 0 Å². The quantitative estimate of drug-likeness (QED) is 0.258. The van der Waals surface area contributed by atoms with Gasteiger partial charge in [-0.15, -0.1) is 0 Å². The molecule has 0 unspecified atom stereocenters. The molecule has 0 saturated carbocycles. The molecule has 3 rings (SSSR count). The van der Waals surface area contributed by atoms with E-state index in [0.29, 0.717) is 34.1 Å². The molecule has 0 bridgehead atoms. The van der Waals surface area contributed by atoms with Gasteiger partial charge in [0.25, 0.3) is 0 Å². The third kappa shape index (κ3) is 5.28. The summed E-state index contributed by atoms with van der Waals surface area (Å²) in [4.78, 5) is 24.9. The van der Waals surface area contributed by atoms with Crippen molar-refractivity contribution in [2.45, 2.75) is 13.8 Å². The molecule has 0 fully saturated rings. The van der Waals surface area contributed by atoms with Gasteiger partial charge in [-0.2, -0.15) is 0 Å². The van der Waals surface area contributed by atoms with Crippen LogP contribution in [0.25, 0.3) is 11.8 Å². The molecule has 178 valence electrons. The Kier molecular flexibility index (Phi) is 7.73. The third-order valence-corrected chi connectivity index (χ3v) is 5.26. The summed E-state index contributed by atoms with van der Waals surface area (Å²) in [5.41, 5.74) is 3.28. The predicted molar refractivity (Wildman–Crippen MR) is 126 cm³/mol. The Morgan fingerprint density at radius 2 is 1.56 bits per heavy atom. The molecule has 8 heteroatoms. The van der Waals surface area contributed by atoms with Crippen LogP contribution in [0.3, 0.4) is 0 Å². The van der Waals surface area contributed by atoms with Crippen LogP contribution in [0.5, 0.6) is 17.2 Å². The summed E-state index contributed by atoms with van der Waals surface area (Å²) in [6, 6.07) is 11.1. The fourth-order valence-corrected chi connectivity index (χ4v) is 3.66. The van der Waals surface area contributed by atoms with Gasteiger partial charge in [0.1, 0.15) is 5.82 Å². The molecule has 2 aromatic carbocycles. The minimum Gasteiger partial charge on any atom is -0.493 e. The van der Waals surface area contributed by atoms with Crippen LogP contribution in [0.15, 0.2) is 48.5 Å². The number of halogens is 1. The number of nitrogens with zero attached hydrogens (tertiary/aromatic N) is 1. The zero-order valence-electron chi connectivity index (χ0n) is 19.7. The molecule has 1 heterocycles. The van der Waals surface area contributed by atoms with Crippen molar-refractivity contribution in [2.75, 3.05) is 27.9 Å². The first kappa shape index (κ1) is 24.6. The topological polar surface area (TPSA) is 76.0 Å². The highest BCUT2D eigenvalue weighted by Crippen LogP contribution is 2.38. The minimum atomic E-state index is -0.672. The molecule has 0 aliphatic carbocycles. The molecule has 3 aromatic rings. The van der Waals surface area contributed by atoms with Gasteiger partial charge in [0, 0.05) is 28.7 Å². The van der Waals surface area contributed by atoms with Gasteiger partial charge in [0.05, 0.1) is 21.3 Å². The molecular formula is C26H26FNO6. The van der Waals surface area contributed by atoms with E-state index in [-0.39, 0.29) is 11.6 Å². The summed E-state index contributed by atoms with van der Waals surface area (Å²) in [6.07, 6.45) is 2.74. The lowest BCUT2D eigenvalue weighted by Crippen LogP contribution is -2.13. The van der Waals surface area contributed by atoms with E-state index >= 15 is 0 Å². The van der Waals surface area contributed by atoms with Crippen LogP contribution in [-0.4, -0.2) is 44.3 Å². The van der Waals surface area contributed by atoms with Crippen molar-refractivity contribution >= 4 is 17.8 Å². The van der Waals surface area contributed by atoms with Gasteiger partial charge >= 0.3 is 5.97 Å². The van der Waals surface area contributed by atoms with Crippen molar-refractivity contribution in [1.82, 2.24) is 4.57 Å². The highest BCUT2D eigenvalue weighted by molar-refractivity contribution is 6.00. The maximum Gasteiger partial charge on any atom is 0.331 e. The Bertz CT molecular complexity index is 1200. The summed E-state index contributed by atoms with van der Waals surface area (Å²) in [5, 5.41) is 0. The Hall–Kier alpha value is -4.07. The van der Waals surface area contributed by atoms with E-state index in [1.165, 1.54) is 45.6 Å². The standard InChI is InChI=1S/C26H26FNO6/c1-16-12-21(17(2)28(16)20-9-7-19(27)8-10-20)22(29)15-34-25(30)11-6-18-13-23(31-3)26(33-5)24(14-18)32-4/h6-14H,15H2,1-5H3. The lowest BCUT2D eigenvalue weighted by molar-refractivity contribution is -0.136. The number of carbonyl (C=O) groups excluding carboxylic acids is 2. The summed E-state index contributed by atoms with van der Waals surface area (Å²) < 4.78 is 36.1. The number of carbonyl (C=O) groups is 2. The van der Waals surface area contributed by atoms with Crippen LogP contribution < -0.4 is 14.2 Å². The van der Waals surface area contributed by atoms with Gasteiger partial charge in [-0.05, 0) is 68.0 Å².